The molecule has 7 nitrogen and oxygen atoms in total. The molecule has 1 aliphatic carbocycles. The third-order valence-electron chi connectivity index (χ3n) is 5.23. The number of anilines is 1. The van der Waals surface area contributed by atoms with Crippen LogP contribution in [0.3, 0.4) is 0 Å². The van der Waals surface area contributed by atoms with Crippen LogP contribution in [0.4, 0.5) is 5.69 Å². The van der Waals surface area contributed by atoms with E-state index in [2.05, 4.69) is 5.32 Å². The van der Waals surface area contributed by atoms with E-state index in [0.717, 1.165) is 31.2 Å². The predicted octanol–water partition coefficient (Wildman–Crippen LogP) is 4.18. The first-order valence-electron chi connectivity index (χ1n) is 10.2. The number of hydrogen-bond acceptors (Lipinski definition) is 6. The number of ether oxygens (including phenoxy) is 3. The summed E-state index contributed by atoms with van der Waals surface area (Å²) >= 11 is 0. The SMILES string of the molecule is N#Cc1ccc(/C=C/C(=O)OCC(=O)Nc2ccc3c(c2)OC2(CCCCC2)O3)cc1. The van der Waals surface area contributed by atoms with Crippen LogP contribution < -0.4 is 14.8 Å². The summed E-state index contributed by atoms with van der Waals surface area (Å²) in [6, 6.07) is 14.0. The summed E-state index contributed by atoms with van der Waals surface area (Å²) in [5.41, 5.74) is 1.83. The average molecular weight is 418 g/mol. The second kappa shape index (κ2) is 8.92. The maximum Gasteiger partial charge on any atom is 0.331 e. The van der Waals surface area contributed by atoms with Gasteiger partial charge in [0, 0.05) is 30.7 Å². The van der Waals surface area contributed by atoms with E-state index in [1.165, 1.54) is 12.5 Å². The topological polar surface area (TPSA) is 97.7 Å². The number of nitriles is 1. The molecule has 0 bridgehead atoms. The minimum absolute atomic E-state index is 0.408. The van der Waals surface area contributed by atoms with E-state index in [0.29, 0.717) is 22.7 Å². The molecule has 4 rings (SSSR count). The van der Waals surface area contributed by atoms with Crippen LogP contribution in [0.5, 0.6) is 11.5 Å². The first-order valence-corrected chi connectivity index (χ1v) is 10.2. The summed E-state index contributed by atoms with van der Waals surface area (Å²) < 4.78 is 17.1. The summed E-state index contributed by atoms with van der Waals surface area (Å²) in [5.74, 6) is -0.364. The first kappa shape index (κ1) is 20.5. The van der Waals surface area contributed by atoms with E-state index in [1.807, 2.05) is 6.07 Å². The van der Waals surface area contributed by atoms with Crippen molar-refractivity contribution in [2.24, 2.45) is 0 Å². The molecule has 1 saturated carbocycles. The van der Waals surface area contributed by atoms with Gasteiger partial charge < -0.3 is 19.5 Å². The number of esters is 1. The molecule has 158 valence electrons. The van der Waals surface area contributed by atoms with Gasteiger partial charge in [-0.05, 0) is 48.7 Å². The number of benzene rings is 2. The van der Waals surface area contributed by atoms with Gasteiger partial charge >= 0.3 is 5.97 Å². The normalized spacial score (nSPS) is 16.1. The van der Waals surface area contributed by atoms with Gasteiger partial charge in [-0.3, -0.25) is 4.79 Å². The van der Waals surface area contributed by atoms with E-state index in [9.17, 15) is 9.59 Å². The number of rotatable bonds is 5. The second-order valence-electron chi connectivity index (χ2n) is 7.56. The van der Waals surface area contributed by atoms with E-state index in [1.54, 1.807) is 48.5 Å². The molecule has 2 aliphatic rings. The summed E-state index contributed by atoms with van der Waals surface area (Å²) in [6.07, 6.45) is 7.84. The maximum absolute atomic E-state index is 12.1. The van der Waals surface area contributed by atoms with Crippen LogP contribution in [0.25, 0.3) is 6.08 Å². The molecule has 0 saturated heterocycles. The molecule has 1 fully saturated rings. The molecule has 1 heterocycles. The molecular formula is C24H22N2O5. The lowest BCUT2D eigenvalue weighted by Gasteiger charge is -2.31. The smallest absolute Gasteiger partial charge is 0.331 e. The lowest BCUT2D eigenvalue weighted by molar-refractivity contribution is -0.142. The van der Waals surface area contributed by atoms with Crippen LogP contribution in [0.15, 0.2) is 48.5 Å². The highest BCUT2D eigenvalue weighted by Crippen LogP contribution is 2.46. The van der Waals surface area contributed by atoms with Gasteiger partial charge in [-0.25, -0.2) is 4.79 Å². The fourth-order valence-electron chi connectivity index (χ4n) is 3.68. The number of amides is 1. The standard InChI is InChI=1S/C24H22N2O5/c25-15-18-6-4-17(5-7-18)8-11-23(28)29-16-22(27)26-19-9-10-20-21(14-19)31-24(30-20)12-2-1-3-13-24/h4-11,14H,1-3,12-13,16H2,(H,26,27)/b11-8+. The van der Waals surface area contributed by atoms with Crippen molar-refractivity contribution in [2.45, 2.75) is 37.9 Å². The van der Waals surface area contributed by atoms with Crippen molar-refractivity contribution in [3.8, 4) is 17.6 Å². The summed E-state index contributed by atoms with van der Waals surface area (Å²) in [5, 5.41) is 11.5. The fourth-order valence-corrected chi connectivity index (χ4v) is 3.68. The zero-order valence-electron chi connectivity index (χ0n) is 16.9. The highest BCUT2D eigenvalue weighted by molar-refractivity contribution is 5.94. The van der Waals surface area contributed by atoms with Crippen molar-refractivity contribution in [3.05, 3.63) is 59.7 Å². The number of fused-ring (bicyclic) bond motifs is 1. The Bertz CT molecular complexity index is 1050. The van der Waals surface area contributed by atoms with E-state index < -0.39 is 24.3 Å². The molecule has 2 aromatic rings. The van der Waals surface area contributed by atoms with Gasteiger partial charge in [0.2, 0.25) is 0 Å². The Kier molecular flexibility index (Phi) is 5.89. The van der Waals surface area contributed by atoms with Gasteiger partial charge in [-0.1, -0.05) is 18.6 Å². The van der Waals surface area contributed by atoms with Crippen LogP contribution >= 0.6 is 0 Å². The van der Waals surface area contributed by atoms with Crippen molar-refractivity contribution in [1.82, 2.24) is 0 Å². The third-order valence-corrected chi connectivity index (χ3v) is 5.23. The Labute approximate surface area is 180 Å². The molecule has 0 radical (unpaired) electrons. The molecule has 2 aromatic carbocycles. The highest BCUT2D eigenvalue weighted by atomic mass is 16.7. The zero-order chi connectivity index (χ0) is 21.7. The number of carbonyl (C=O) groups is 2. The Morgan fingerprint density at radius 1 is 1.06 bits per heavy atom. The van der Waals surface area contributed by atoms with Gasteiger partial charge in [0.25, 0.3) is 11.7 Å². The summed E-state index contributed by atoms with van der Waals surface area (Å²) in [4.78, 5) is 24.0. The molecule has 0 atom stereocenters. The minimum atomic E-state index is -0.635. The van der Waals surface area contributed by atoms with E-state index in [4.69, 9.17) is 19.5 Å². The van der Waals surface area contributed by atoms with Crippen molar-refractivity contribution in [1.29, 1.82) is 5.26 Å². The van der Waals surface area contributed by atoms with Crippen LogP contribution in [-0.2, 0) is 14.3 Å². The van der Waals surface area contributed by atoms with Gasteiger partial charge in [0.1, 0.15) is 0 Å². The number of nitrogens with zero attached hydrogens (tertiary/aromatic N) is 1. The molecule has 1 aliphatic heterocycles. The molecule has 1 N–H and O–H groups in total. The quantitative estimate of drug-likeness (QED) is 0.578. The van der Waals surface area contributed by atoms with Gasteiger partial charge in [0.05, 0.1) is 11.6 Å². The molecular weight excluding hydrogens is 396 g/mol. The molecule has 1 amide bonds. The number of nitrogens with one attached hydrogen (secondary N) is 1. The van der Waals surface area contributed by atoms with Crippen molar-refractivity contribution < 1.29 is 23.8 Å². The fraction of sp³-hybridized carbons (Fsp3) is 0.292. The predicted molar refractivity (Wildman–Crippen MR) is 113 cm³/mol. The molecule has 31 heavy (non-hydrogen) atoms. The molecule has 0 aromatic heterocycles. The Morgan fingerprint density at radius 2 is 1.81 bits per heavy atom. The Balaban J connectivity index is 1.27. The second-order valence-corrected chi connectivity index (χ2v) is 7.56. The Hall–Kier alpha value is -3.79. The third kappa shape index (κ3) is 5.04. The molecule has 0 unspecified atom stereocenters. The number of hydrogen-bond donors (Lipinski definition) is 1. The molecule has 1 spiro atoms. The summed E-state index contributed by atoms with van der Waals surface area (Å²) in [7, 11) is 0. The monoisotopic (exact) mass is 418 g/mol. The van der Waals surface area contributed by atoms with E-state index in [-0.39, 0.29) is 0 Å². The van der Waals surface area contributed by atoms with Crippen molar-refractivity contribution >= 4 is 23.6 Å². The molecule has 7 heteroatoms. The minimum Gasteiger partial charge on any atom is -0.452 e. The van der Waals surface area contributed by atoms with Gasteiger partial charge in [0.15, 0.2) is 18.1 Å². The van der Waals surface area contributed by atoms with Crippen LogP contribution in [0, 0.1) is 11.3 Å². The summed E-state index contributed by atoms with van der Waals surface area (Å²) in [6.45, 7) is -0.408. The van der Waals surface area contributed by atoms with Crippen molar-refractivity contribution in [2.75, 3.05) is 11.9 Å². The lowest BCUT2D eigenvalue weighted by atomic mass is 9.94. The number of carbonyl (C=O) groups excluding carboxylic acids is 2. The van der Waals surface area contributed by atoms with Gasteiger partial charge in [-0.15, -0.1) is 0 Å². The first-order chi connectivity index (χ1) is 15.0. The van der Waals surface area contributed by atoms with Gasteiger partial charge in [-0.2, -0.15) is 5.26 Å². The van der Waals surface area contributed by atoms with Crippen LogP contribution in [0.2, 0.25) is 0 Å². The average Bonchev–Trinajstić information content (AvgIpc) is 3.13. The highest BCUT2D eigenvalue weighted by Gasteiger charge is 2.42. The zero-order valence-corrected chi connectivity index (χ0v) is 16.9. The largest absolute Gasteiger partial charge is 0.452 e. The van der Waals surface area contributed by atoms with Crippen LogP contribution in [0.1, 0.15) is 43.2 Å². The Morgan fingerprint density at radius 3 is 2.55 bits per heavy atom. The lowest BCUT2D eigenvalue weighted by Crippen LogP contribution is -2.40. The maximum atomic E-state index is 12.1. The van der Waals surface area contributed by atoms with Crippen LogP contribution in [-0.4, -0.2) is 24.3 Å². The van der Waals surface area contributed by atoms with E-state index >= 15 is 0 Å². The van der Waals surface area contributed by atoms with Crippen molar-refractivity contribution in [3.63, 3.8) is 0 Å².